The summed E-state index contributed by atoms with van der Waals surface area (Å²) in [5.41, 5.74) is 3.05. The fourth-order valence-corrected chi connectivity index (χ4v) is 4.91. The first-order valence-corrected chi connectivity index (χ1v) is 13.4. The molecule has 8 nitrogen and oxygen atoms in total. The summed E-state index contributed by atoms with van der Waals surface area (Å²) in [6.45, 7) is 3.97. The molecule has 5 rings (SSSR count). The maximum absolute atomic E-state index is 13.0. The quantitative estimate of drug-likeness (QED) is 0.276. The molecule has 0 unspecified atom stereocenters. The number of ether oxygens (including phenoxy) is 1. The smallest absolute Gasteiger partial charge is 0.221 e. The molecule has 4 aromatic rings. The Labute approximate surface area is 215 Å². The molecule has 1 fully saturated rings. The third kappa shape index (κ3) is 5.52. The molecule has 0 atom stereocenters. The van der Waals surface area contributed by atoms with Crippen LogP contribution in [0.2, 0.25) is 0 Å². The molecule has 2 aromatic heterocycles. The summed E-state index contributed by atoms with van der Waals surface area (Å²) in [6.07, 6.45) is 4.18. The van der Waals surface area contributed by atoms with E-state index in [1.165, 1.54) is 11.8 Å². The minimum absolute atomic E-state index is 0.00546. The van der Waals surface area contributed by atoms with E-state index in [0.29, 0.717) is 37.9 Å². The topological polar surface area (TPSA) is 85.2 Å². The number of anilines is 1. The van der Waals surface area contributed by atoms with Crippen LogP contribution in [0.3, 0.4) is 0 Å². The molecule has 0 saturated carbocycles. The van der Waals surface area contributed by atoms with E-state index in [1.54, 1.807) is 0 Å². The second-order valence-electron chi connectivity index (χ2n) is 8.67. The predicted molar refractivity (Wildman–Crippen MR) is 142 cm³/mol. The maximum Gasteiger partial charge on any atom is 0.221 e. The average molecular weight is 503 g/mol. The van der Waals surface area contributed by atoms with E-state index >= 15 is 0 Å². The third-order valence-corrected chi connectivity index (χ3v) is 6.94. The number of aromatic nitrogens is 4. The lowest BCUT2D eigenvalue weighted by Gasteiger charge is -2.28. The number of carbonyl (C=O) groups is 1. The molecule has 1 saturated heterocycles. The molecule has 36 heavy (non-hydrogen) atoms. The second kappa shape index (κ2) is 11.5. The van der Waals surface area contributed by atoms with Crippen molar-refractivity contribution < 1.29 is 9.53 Å². The average Bonchev–Trinajstić information content (AvgIpc) is 3.35. The van der Waals surface area contributed by atoms with Crippen LogP contribution in [0.25, 0.3) is 11.0 Å². The van der Waals surface area contributed by atoms with Gasteiger partial charge in [0.25, 0.3) is 0 Å². The number of morpholine rings is 1. The van der Waals surface area contributed by atoms with Crippen molar-refractivity contribution in [3.8, 4) is 0 Å². The second-order valence-corrected chi connectivity index (χ2v) is 9.44. The first-order valence-electron chi connectivity index (χ1n) is 12.2. The molecule has 0 bridgehead atoms. The van der Waals surface area contributed by atoms with Crippen LogP contribution in [0.5, 0.6) is 0 Å². The SMILES string of the molecule is CSc1nc(N2CCOCC2)c2cnn(CCNC(=O)CC(c3ccccc3)c3ccccc3)c2n1. The fourth-order valence-electron chi connectivity index (χ4n) is 4.55. The van der Waals surface area contributed by atoms with Gasteiger partial charge in [0.2, 0.25) is 5.91 Å². The summed E-state index contributed by atoms with van der Waals surface area (Å²) in [4.78, 5) is 24.7. The van der Waals surface area contributed by atoms with Crippen LogP contribution in [-0.2, 0) is 16.1 Å². The van der Waals surface area contributed by atoms with E-state index in [2.05, 4.69) is 39.6 Å². The van der Waals surface area contributed by atoms with Gasteiger partial charge in [-0.3, -0.25) is 4.79 Å². The normalized spacial score (nSPS) is 13.9. The molecular weight excluding hydrogens is 472 g/mol. The highest BCUT2D eigenvalue weighted by molar-refractivity contribution is 7.98. The molecule has 1 aliphatic rings. The highest BCUT2D eigenvalue weighted by Gasteiger charge is 2.21. The minimum Gasteiger partial charge on any atom is -0.378 e. The zero-order chi connectivity index (χ0) is 24.7. The van der Waals surface area contributed by atoms with Gasteiger partial charge in [0.1, 0.15) is 5.82 Å². The van der Waals surface area contributed by atoms with E-state index in [1.807, 2.05) is 53.5 Å². The highest BCUT2D eigenvalue weighted by atomic mass is 32.2. The van der Waals surface area contributed by atoms with Gasteiger partial charge in [-0.1, -0.05) is 72.4 Å². The number of benzene rings is 2. The summed E-state index contributed by atoms with van der Waals surface area (Å²) in [5, 5.41) is 9.30. The molecule has 3 heterocycles. The van der Waals surface area contributed by atoms with Crippen molar-refractivity contribution >= 4 is 34.5 Å². The van der Waals surface area contributed by atoms with Crippen molar-refractivity contribution in [3.05, 3.63) is 78.0 Å². The lowest BCUT2D eigenvalue weighted by atomic mass is 9.88. The van der Waals surface area contributed by atoms with Gasteiger partial charge in [-0.05, 0) is 17.4 Å². The Balaban J connectivity index is 1.27. The molecule has 186 valence electrons. The van der Waals surface area contributed by atoms with Crippen molar-refractivity contribution in [1.82, 2.24) is 25.1 Å². The molecule has 0 aliphatic carbocycles. The van der Waals surface area contributed by atoms with Gasteiger partial charge < -0.3 is 15.0 Å². The van der Waals surface area contributed by atoms with Gasteiger partial charge in [-0.25, -0.2) is 14.6 Å². The zero-order valence-electron chi connectivity index (χ0n) is 20.3. The molecule has 0 radical (unpaired) electrons. The van der Waals surface area contributed by atoms with Crippen molar-refractivity contribution in [3.63, 3.8) is 0 Å². The monoisotopic (exact) mass is 502 g/mol. The number of carbonyl (C=O) groups excluding carboxylic acids is 1. The summed E-state index contributed by atoms with van der Waals surface area (Å²) in [5.74, 6) is 0.917. The van der Waals surface area contributed by atoms with E-state index in [-0.39, 0.29) is 11.8 Å². The predicted octanol–water partition coefficient (Wildman–Crippen LogP) is 3.72. The number of nitrogens with one attached hydrogen (secondary N) is 1. The largest absolute Gasteiger partial charge is 0.378 e. The Morgan fingerprint density at radius 2 is 1.69 bits per heavy atom. The Morgan fingerprint density at radius 3 is 2.33 bits per heavy atom. The third-order valence-electron chi connectivity index (χ3n) is 6.39. The van der Waals surface area contributed by atoms with Gasteiger partial charge in [0.15, 0.2) is 10.8 Å². The van der Waals surface area contributed by atoms with Crippen molar-refractivity contribution in [1.29, 1.82) is 0 Å². The molecule has 1 N–H and O–H groups in total. The zero-order valence-corrected chi connectivity index (χ0v) is 21.2. The van der Waals surface area contributed by atoms with Crippen molar-refractivity contribution in [2.45, 2.75) is 24.0 Å². The fraction of sp³-hybridized carbons (Fsp3) is 0.333. The standard InChI is InChI=1S/C27H30N6O2S/c1-36-27-30-25(32-14-16-35-17-15-32)23-19-29-33(26(23)31-27)13-12-28-24(34)18-22(20-8-4-2-5-9-20)21-10-6-3-7-11-21/h2-11,19,22H,12-18H2,1H3,(H,28,34). The number of hydrogen-bond donors (Lipinski definition) is 1. The molecule has 2 aromatic carbocycles. The Bertz CT molecular complexity index is 1250. The first kappa shape index (κ1) is 24.3. The molecule has 1 aliphatic heterocycles. The summed E-state index contributed by atoms with van der Waals surface area (Å²) in [6, 6.07) is 20.4. The number of amides is 1. The van der Waals surface area contributed by atoms with E-state index < -0.39 is 0 Å². The number of hydrogen-bond acceptors (Lipinski definition) is 7. The van der Waals surface area contributed by atoms with Crippen LogP contribution in [-0.4, -0.2) is 64.8 Å². The van der Waals surface area contributed by atoms with Gasteiger partial charge >= 0.3 is 0 Å². The van der Waals surface area contributed by atoms with Crippen LogP contribution in [0, 0.1) is 0 Å². The number of thioether (sulfide) groups is 1. The Morgan fingerprint density at radius 1 is 1.03 bits per heavy atom. The molecule has 1 amide bonds. The van der Waals surface area contributed by atoms with Gasteiger partial charge in [0, 0.05) is 32.0 Å². The maximum atomic E-state index is 13.0. The summed E-state index contributed by atoms with van der Waals surface area (Å²) >= 11 is 1.51. The van der Waals surface area contributed by atoms with Crippen LogP contribution in [0.4, 0.5) is 5.82 Å². The van der Waals surface area contributed by atoms with Crippen molar-refractivity contribution in [2.24, 2.45) is 0 Å². The van der Waals surface area contributed by atoms with E-state index in [4.69, 9.17) is 14.7 Å². The lowest BCUT2D eigenvalue weighted by Crippen LogP contribution is -2.37. The summed E-state index contributed by atoms with van der Waals surface area (Å²) in [7, 11) is 0. The van der Waals surface area contributed by atoms with E-state index in [0.717, 1.165) is 41.1 Å². The molecule has 0 spiro atoms. The van der Waals surface area contributed by atoms with E-state index in [9.17, 15) is 4.79 Å². The van der Waals surface area contributed by atoms with Gasteiger partial charge in [-0.15, -0.1) is 0 Å². The lowest BCUT2D eigenvalue weighted by molar-refractivity contribution is -0.121. The van der Waals surface area contributed by atoms with Crippen LogP contribution < -0.4 is 10.2 Å². The van der Waals surface area contributed by atoms with Crippen LogP contribution in [0.15, 0.2) is 72.0 Å². The first-order chi connectivity index (χ1) is 17.7. The van der Waals surface area contributed by atoms with Crippen LogP contribution in [0.1, 0.15) is 23.5 Å². The minimum atomic E-state index is 0.00546. The number of nitrogens with zero attached hydrogens (tertiary/aromatic N) is 5. The van der Waals surface area contributed by atoms with Crippen molar-refractivity contribution in [2.75, 3.05) is 44.0 Å². The van der Waals surface area contributed by atoms with Gasteiger partial charge in [0.05, 0.1) is 31.3 Å². The van der Waals surface area contributed by atoms with Gasteiger partial charge in [-0.2, -0.15) is 5.10 Å². The number of fused-ring (bicyclic) bond motifs is 1. The Hall–Kier alpha value is -3.43. The highest BCUT2D eigenvalue weighted by Crippen LogP contribution is 2.28. The Kier molecular flexibility index (Phi) is 7.78. The molecule has 9 heteroatoms. The van der Waals surface area contributed by atoms with Crippen LogP contribution >= 0.6 is 11.8 Å². The number of rotatable bonds is 9. The summed E-state index contributed by atoms with van der Waals surface area (Å²) < 4.78 is 7.36. The molecular formula is C27H30N6O2S.